The molecule has 0 aliphatic rings. The van der Waals surface area contributed by atoms with Gasteiger partial charge in [0, 0.05) is 12.2 Å². The molecule has 0 amide bonds. The Morgan fingerprint density at radius 2 is 2.11 bits per heavy atom. The van der Waals surface area contributed by atoms with E-state index in [0.29, 0.717) is 18.5 Å². The van der Waals surface area contributed by atoms with Crippen molar-refractivity contribution in [3.05, 3.63) is 22.7 Å². The van der Waals surface area contributed by atoms with Gasteiger partial charge in [0.1, 0.15) is 4.90 Å². The molecule has 0 saturated heterocycles. The first-order chi connectivity index (χ1) is 8.77. The van der Waals surface area contributed by atoms with Gasteiger partial charge in [0.2, 0.25) is 10.0 Å². The summed E-state index contributed by atoms with van der Waals surface area (Å²) >= 11 is 5.93. The molecule has 0 aliphatic carbocycles. The van der Waals surface area contributed by atoms with Crippen LogP contribution in [0.15, 0.2) is 17.0 Å². The number of nitrogens with two attached hydrogens (primary N) is 1. The van der Waals surface area contributed by atoms with Gasteiger partial charge in [-0.2, -0.15) is 0 Å². The third-order valence-electron chi connectivity index (χ3n) is 2.85. The topological polar surface area (TPSA) is 92.4 Å². The molecule has 1 atom stereocenters. The Bertz CT molecular complexity index is 546. The molecule has 7 heteroatoms. The average molecular weight is 307 g/mol. The summed E-state index contributed by atoms with van der Waals surface area (Å²) in [5.74, 6) is 0. The number of halogens is 1. The summed E-state index contributed by atoms with van der Waals surface area (Å²) in [6, 6.07) is 2.86. The predicted octanol–water partition coefficient (Wildman–Crippen LogP) is 1.67. The summed E-state index contributed by atoms with van der Waals surface area (Å²) in [4.78, 5) is -0.0387. The molecule has 5 nitrogen and oxygen atoms in total. The Labute approximate surface area is 118 Å². The number of aryl methyl sites for hydroxylation is 1. The van der Waals surface area contributed by atoms with Crippen LogP contribution in [0.1, 0.15) is 25.3 Å². The van der Waals surface area contributed by atoms with Gasteiger partial charge in [-0.3, -0.25) is 0 Å². The number of nitrogen functional groups attached to an aromatic ring is 1. The van der Waals surface area contributed by atoms with Crippen LogP contribution in [0.3, 0.4) is 0 Å². The van der Waals surface area contributed by atoms with Crippen molar-refractivity contribution >= 4 is 27.3 Å². The second-order valence-electron chi connectivity index (χ2n) is 4.39. The molecule has 0 aliphatic heterocycles. The zero-order chi connectivity index (χ0) is 14.6. The van der Waals surface area contributed by atoms with Crippen molar-refractivity contribution in [2.45, 2.75) is 37.7 Å². The van der Waals surface area contributed by atoms with Crippen LogP contribution < -0.4 is 10.5 Å². The molecule has 0 heterocycles. The maximum Gasteiger partial charge on any atom is 0.242 e. The Hall–Kier alpha value is -0.820. The predicted molar refractivity (Wildman–Crippen MR) is 76.7 cm³/mol. The minimum atomic E-state index is -3.71. The number of sulfonamides is 1. The summed E-state index contributed by atoms with van der Waals surface area (Å²) in [7, 11) is -3.71. The van der Waals surface area contributed by atoms with Crippen LogP contribution in [0.25, 0.3) is 0 Å². The number of rotatable bonds is 6. The van der Waals surface area contributed by atoms with Crippen molar-refractivity contribution in [3.63, 3.8) is 0 Å². The van der Waals surface area contributed by atoms with Crippen molar-refractivity contribution in [2.24, 2.45) is 0 Å². The van der Waals surface area contributed by atoms with Gasteiger partial charge in [-0.15, -0.1) is 0 Å². The van der Waals surface area contributed by atoms with Crippen LogP contribution in [0, 0.1) is 6.92 Å². The van der Waals surface area contributed by atoms with Gasteiger partial charge >= 0.3 is 0 Å². The lowest BCUT2D eigenvalue weighted by molar-refractivity contribution is 0.162. The highest BCUT2D eigenvalue weighted by molar-refractivity contribution is 7.89. The summed E-state index contributed by atoms with van der Waals surface area (Å²) in [6.07, 6.45) is 0.426. The van der Waals surface area contributed by atoms with E-state index in [2.05, 4.69) is 4.72 Å². The van der Waals surface area contributed by atoms with Crippen LogP contribution in [-0.2, 0) is 10.0 Å². The van der Waals surface area contributed by atoms with Gasteiger partial charge < -0.3 is 10.8 Å². The number of aliphatic hydroxyl groups excluding tert-OH is 1. The zero-order valence-electron chi connectivity index (χ0n) is 11.0. The molecule has 0 saturated carbocycles. The number of hydrogen-bond donors (Lipinski definition) is 3. The van der Waals surface area contributed by atoms with Crippen LogP contribution in [-0.4, -0.2) is 26.2 Å². The Kier molecular flexibility index (Phi) is 5.61. The van der Waals surface area contributed by atoms with Gasteiger partial charge in [-0.1, -0.05) is 18.5 Å². The highest BCUT2D eigenvalue weighted by Gasteiger charge is 2.19. The molecule has 19 heavy (non-hydrogen) atoms. The van der Waals surface area contributed by atoms with E-state index in [1.165, 1.54) is 12.1 Å². The van der Waals surface area contributed by atoms with E-state index < -0.39 is 16.1 Å². The molecule has 0 spiro atoms. The second-order valence-corrected chi connectivity index (χ2v) is 6.53. The molecule has 0 fully saturated rings. The Morgan fingerprint density at radius 3 is 2.68 bits per heavy atom. The summed E-state index contributed by atoms with van der Waals surface area (Å²) in [5.41, 5.74) is 6.79. The molecule has 4 N–H and O–H groups in total. The summed E-state index contributed by atoms with van der Waals surface area (Å²) in [5, 5.41) is 9.51. The van der Waals surface area contributed by atoms with Gasteiger partial charge in [-0.25, -0.2) is 13.1 Å². The number of anilines is 1. The highest BCUT2D eigenvalue weighted by Crippen LogP contribution is 2.26. The number of aliphatic hydroxyl groups is 1. The van der Waals surface area contributed by atoms with Crippen molar-refractivity contribution in [1.82, 2.24) is 4.72 Å². The first kappa shape index (κ1) is 16.2. The average Bonchev–Trinajstić information content (AvgIpc) is 2.33. The molecule has 1 aromatic rings. The van der Waals surface area contributed by atoms with E-state index in [1.54, 1.807) is 6.92 Å². The van der Waals surface area contributed by atoms with Crippen molar-refractivity contribution in [3.8, 4) is 0 Å². The SMILES string of the molecule is CCC(O)CCNS(=O)(=O)c1cc(N)c(C)cc1Cl. The van der Waals surface area contributed by atoms with Crippen LogP contribution in [0.2, 0.25) is 5.02 Å². The molecule has 1 rings (SSSR count). The van der Waals surface area contributed by atoms with Crippen LogP contribution >= 0.6 is 11.6 Å². The second kappa shape index (κ2) is 6.56. The Morgan fingerprint density at radius 1 is 1.47 bits per heavy atom. The summed E-state index contributed by atoms with van der Waals surface area (Å²) < 4.78 is 26.5. The van der Waals surface area contributed by atoms with Gasteiger partial charge in [0.25, 0.3) is 0 Å². The van der Waals surface area contributed by atoms with Crippen LogP contribution in [0.5, 0.6) is 0 Å². The van der Waals surface area contributed by atoms with Crippen LogP contribution in [0.4, 0.5) is 5.69 Å². The first-order valence-corrected chi connectivity index (χ1v) is 7.87. The Balaban J connectivity index is 2.86. The van der Waals surface area contributed by atoms with E-state index in [0.717, 1.165) is 5.56 Å². The fraction of sp³-hybridized carbons (Fsp3) is 0.500. The van der Waals surface area contributed by atoms with Gasteiger partial charge in [-0.05, 0) is 37.5 Å². The third-order valence-corrected chi connectivity index (χ3v) is 4.78. The lowest BCUT2D eigenvalue weighted by atomic mass is 10.2. The molecule has 0 radical (unpaired) electrons. The minimum absolute atomic E-state index is 0.0387. The normalized spacial score (nSPS) is 13.5. The van der Waals surface area contributed by atoms with Crippen molar-refractivity contribution < 1.29 is 13.5 Å². The first-order valence-electron chi connectivity index (χ1n) is 6.01. The molecule has 108 valence electrons. The van der Waals surface area contributed by atoms with E-state index >= 15 is 0 Å². The minimum Gasteiger partial charge on any atom is -0.398 e. The fourth-order valence-corrected chi connectivity index (χ4v) is 3.18. The number of hydrogen-bond acceptors (Lipinski definition) is 4. The van der Waals surface area contributed by atoms with E-state index in [9.17, 15) is 13.5 Å². The van der Waals surface area contributed by atoms with Crippen molar-refractivity contribution in [2.75, 3.05) is 12.3 Å². The fourth-order valence-electron chi connectivity index (χ4n) is 1.52. The molecule has 1 unspecified atom stereocenters. The molecule has 1 aromatic carbocycles. The van der Waals surface area contributed by atoms with Gasteiger partial charge in [0.05, 0.1) is 11.1 Å². The molecule has 0 aromatic heterocycles. The van der Waals surface area contributed by atoms with E-state index in [1.807, 2.05) is 6.92 Å². The lowest BCUT2D eigenvalue weighted by Crippen LogP contribution is -2.27. The zero-order valence-corrected chi connectivity index (χ0v) is 12.6. The van der Waals surface area contributed by atoms with Crippen molar-refractivity contribution in [1.29, 1.82) is 0 Å². The molecular formula is C12H19ClN2O3S. The largest absolute Gasteiger partial charge is 0.398 e. The summed E-state index contributed by atoms with van der Waals surface area (Å²) in [6.45, 7) is 3.74. The number of nitrogens with one attached hydrogen (secondary N) is 1. The maximum absolute atomic E-state index is 12.1. The standard InChI is InChI=1S/C12H19ClN2O3S/c1-3-9(16)4-5-15-19(17,18)12-7-11(14)8(2)6-10(12)13/h6-7,9,15-16H,3-5,14H2,1-2H3. The quantitative estimate of drug-likeness (QED) is 0.697. The van der Waals surface area contributed by atoms with E-state index in [-0.39, 0.29) is 16.5 Å². The lowest BCUT2D eigenvalue weighted by Gasteiger charge is -2.12. The molecular weight excluding hydrogens is 288 g/mol. The van der Waals surface area contributed by atoms with Gasteiger partial charge in [0.15, 0.2) is 0 Å². The highest BCUT2D eigenvalue weighted by atomic mass is 35.5. The maximum atomic E-state index is 12.1. The third kappa shape index (κ3) is 4.35. The number of benzene rings is 1. The molecule has 0 bridgehead atoms. The smallest absolute Gasteiger partial charge is 0.242 e. The monoisotopic (exact) mass is 306 g/mol. The van der Waals surface area contributed by atoms with E-state index in [4.69, 9.17) is 17.3 Å².